The molecule has 248 valence electrons. The second-order valence-electron chi connectivity index (χ2n) is 15.3. The number of carbonyl (C=O) groups is 2. The van der Waals surface area contributed by atoms with E-state index in [1.54, 1.807) is 11.1 Å². The molecule has 0 unspecified atom stereocenters. The molecule has 2 saturated carbocycles. The molecule has 4 saturated heterocycles. The minimum Gasteiger partial charge on any atom is -0.451 e. The maximum atomic E-state index is 14.4. The number of halogens is 1. The van der Waals surface area contributed by atoms with E-state index in [1.807, 2.05) is 27.7 Å². The van der Waals surface area contributed by atoms with E-state index in [0.717, 1.165) is 50.9 Å². The smallest absolute Gasteiger partial charge is 0.258 e. The Morgan fingerprint density at radius 2 is 1.80 bits per heavy atom. The van der Waals surface area contributed by atoms with Gasteiger partial charge in [0.15, 0.2) is 11.6 Å². The van der Waals surface area contributed by atoms with Gasteiger partial charge >= 0.3 is 0 Å². The Morgan fingerprint density at radius 1 is 1.07 bits per heavy atom. The lowest BCUT2D eigenvalue weighted by molar-refractivity contribution is -0.140. The molecule has 8 rings (SSSR count). The lowest BCUT2D eigenvalue weighted by Crippen LogP contribution is -2.65. The Morgan fingerprint density at radius 3 is 2.46 bits per heavy atom. The Kier molecular flexibility index (Phi) is 8.44. The average molecular weight is 633 g/mol. The highest BCUT2D eigenvalue weighted by Gasteiger charge is 2.50. The van der Waals surface area contributed by atoms with Crippen LogP contribution < -0.4 is 15.0 Å². The minimum absolute atomic E-state index is 0.00161. The second kappa shape index (κ2) is 12.4. The molecule has 1 aromatic carbocycles. The van der Waals surface area contributed by atoms with E-state index in [-0.39, 0.29) is 40.8 Å². The van der Waals surface area contributed by atoms with Gasteiger partial charge in [0.2, 0.25) is 5.91 Å². The van der Waals surface area contributed by atoms with Gasteiger partial charge in [-0.1, -0.05) is 12.8 Å². The quantitative estimate of drug-likeness (QED) is 0.382. The summed E-state index contributed by atoms with van der Waals surface area (Å²) in [6.07, 6.45) is 12.9. The van der Waals surface area contributed by atoms with E-state index in [4.69, 9.17) is 4.74 Å². The van der Waals surface area contributed by atoms with Gasteiger partial charge in [0.1, 0.15) is 17.9 Å². The molecule has 9 nitrogen and oxygen atoms in total. The van der Waals surface area contributed by atoms with Crippen molar-refractivity contribution >= 4 is 17.6 Å². The summed E-state index contributed by atoms with van der Waals surface area (Å²) in [5.74, 6) is 3.11. The topological polar surface area (TPSA) is 90.9 Å². The molecule has 1 aromatic heterocycles. The van der Waals surface area contributed by atoms with E-state index in [1.165, 1.54) is 63.1 Å². The maximum absolute atomic E-state index is 14.4. The molecule has 2 aliphatic carbocycles. The van der Waals surface area contributed by atoms with Crippen molar-refractivity contribution in [2.45, 2.75) is 103 Å². The number of fused-ring (bicyclic) bond motifs is 3. The highest BCUT2D eigenvalue weighted by atomic mass is 19.1. The van der Waals surface area contributed by atoms with Crippen molar-refractivity contribution in [3.63, 3.8) is 0 Å². The van der Waals surface area contributed by atoms with Gasteiger partial charge in [0, 0.05) is 49.7 Å². The zero-order valence-electron chi connectivity index (χ0n) is 27.8. The van der Waals surface area contributed by atoms with Gasteiger partial charge in [-0.25, -0.2) is 14.4 Å². The second-order valence-corrected chi connectivity index (χ2v) is 15.3. The highest BCUT2D eigenvalue weighted by molar-refractivity contribution is 5.97. The molecule has 46 heavy (non-hydrogen) atoms. The van der Waals surface area contributed by atoms with Gasteiger partial charge in [-0.05, 0) is 102 Å². The first-order chi connectivity index (χ1) is 22.1. The first kappa shape index (κ1) is 31.3. The Balaban J connectivity index is 0.979. The summed E-state index contributed by atoms with van der Waals surface area (Å²) in [4.78, 5) is 42.0. The number of carbonyl (C=O) groups excluding carboxylic acids is 2. The van der Waals surface area contributed by atoms with Crippen LogP contribution in [0.5, 0.6) is 11.5 Å². The molecular weight excluding hydrogens is 583 g/mol. The molecule has 6 aliphatic rings. The number of likely N-dealkylation sites (tertiary alicyclic amines) is 1. The molecule has 0 radical (unpaired) electrons. The van der Waals surface area contributed by atoms with Crippen molar-refractivity contribution in [1.29, 1.82) is 0 Å². The van der Waals surface area contributed by atoms with E-state index in [9.17, 15) is 14.0 Å². The standard InChI is InChI=1S/C36H49FN6O3/c1-22(2)43(23(3)4)34(44)28-17-27(37)8-10-30(28)46-31-18-38-21-39-33(31)42-19-36(20-42)11-13-41(14-12-36)35(45)32-25-7-9-29(40-32)26(16-25)15-24-5-6-24/h8,10,17-18,21-26,29,32,40H,5-7,9,11-16,19-20H2,1-4H3/t25-,26+,29-,32-/m0/s1. The fraction of sp³-hybridized carbons (Fsp3) is 0.667. The van der Waals surface area contributed by atoms with E-state index in [2.05, 4.69) is 25.1 Å². The average Bonchev–Trinajstić information content (AvgIpc) is 3.85. The van der Waals surface area contributed by atoms with Crippen LogP contribution in [-0.2, 0) is 4.79 Å². The minimum atomic E-state index is -0.494. The summed E-state index contributed by atoms with van der Waals surface area (Å²) in [7, 11) is 0. The van der Waals surface area contributed by atoms with Crippen molar-refractivity contribution < 1.29 is 18.7 Å². The number of aromatic nitrogens is 2. The first-order valence-corrected chi connectivity index (χ1v) is 17.5. The number of hydrogen-bond acceptors (Lipinski definition) is 7. The van der Waals surface area contributed by atoms with Crippen molar-refractivity contribution in [2.24, 2.45) is 23.2 Å². The Bertz CT molecular complexity index is 1440. The number of benzene rings is 1. The number of hydrogen-bond donors (Lipinski definition) is 1. The van der Waals surface area contributed by atoms with Gasteiger partial charge in [-0.15, -0.1) is 0 Å². The summed E-state index contributed by atoms with van der Waals surface area (Å²) in [6.45, 7) is 11.0. The summed E-state index contributed by atoms with van der Waals surface area (Å²) >= 11 is 0. The van der Waals surface area contributed by atoms with Crippen LogP contribution in [-0.4, -0.2) is 81.9 Å². The van der Waals surface area contributed by atoms with Gasteiger partial charge in [-0.2, -0.15) is 0 Å². The predicted octanol–water partition coefficient (Wildman–Crippen LogP) is 5.65. The third kappa shape index (κ3) is 6.09. The van der Waals surface area contributed by atoms with Crippen LogP contribution in [0.15, 0.2) is 30.7 Å². The van der Waals surface area contributed by atoms with Crippen LogP contribution in [0.1, 0.15) is 89.4 Å². The molecule has 4 aliphatic heterocycles. The number of amides is 2. The number of rotatable bonds is 9. The zero-order valence-corrected chi connectivity index (χ0v) is 27.8. The summed E-state index contributed by atoms with van der Waals surface area (Å²) in [6, 6.07) is 4.45. The Hall–Kier alpha value is -3.27. The summed E-state index contributed by atoms with van der Waals surface area (Å²) in [5.41, 5.74) is 0.313. The van der Waals surface area contributed by atoms with Crippen molar-refractivity contribution in [2.75, 3.05) is 31.1 Å². The number of anilines is 1. The molecular formula is C36H49FN6O3. The number of nitrogens with one attached hydrogen (secondary N) is 1. The third-order valence-electron chi connectivity index (χ3n) is 11.4. The van der Waals surface area contributed by atoms with E-state index >= 15 is 0 Å². The van der Waals surface area contributed by atoms with Gasteiger partial charge in [0.05, 0.1) is 17.8 Å². The fourth-order valence-electron chi connectivity index (χ4n) is 8.83. The van der Waals surface area contributed by atoms with Crippen LogP contribution in [0.4, 0.5) is 10.2 Å². The normalized spacial score (nSPS) is 26.8. The van der Waals surface area contributed by atoms with Crippen molar-refractivity contribution in [3.05, 3.63) is 42.1 Å². The van der Waals surface area contributed by atoms with Crippen LogP contribution >= 0.6 is 0 Å². The highest BCUT2D eigenvalue weighted by Crippen LogP contribution is 2.47. The van der Waals surface area contributed by atoms with Gasteiger partial charge < -0.3 is 24.8 Å². The lowest BCUT2D eigenvalue weighted by atomic mass is 9.68. The summed E-state index contributed by atoms with van der Waals surface area (Å²) in [5, 5.41) is 3.80. The molecule has 2 bridgehead atoms. The zero-order chi connectivity index (χ0) is 32.2. The van der Waals surface area contributed by atoms with Crippen LogP contribution in [0.3, 0.4) is 0 Å². The number of ether oxygens (including phenoxy) is 1. The Labute approximate surface area is 272 Å². The lowest BCUT2D eigenvalue weighted by Gasteiger charge is -2.55. The fourth-order valence-corrected chi connectivity index (χ4v) is 8.83. The van der Waals surface area contributed by atoms with Crippen LogP contribution in [0.25, 0.3) is 0 Å². The largest absolute Gasteiger partial charge is 0.451 e. The third-order valence-corrected chi connectivity index (χ3v) is 11.4. The van der Waals surface area contributed by atoms with Crippen molar-refractivity contribution in [3.8, 4) is 11.5 Å². The molecule has 5 heterocycles. The van der Waals surface area contributed by atoms with E-state index < -0.39 is 5.82 Å². The molecule has 1 spiro atoms. The summed E-state index contributed by atoms with van der Waals surface area (Å²) < 4.78 is 20.7. The van der Waals surface area contributed by atoms with Crippen LogP contribution in [0.2, 0.25) is 0 Å². The van der Waals surface area contributed by atoms with Crippen molar-refractivity contribution in [1.82, 2.24) is 25.1 Å². The maximum Gasteiger partial charge on any atom is 0.258 e. The molecule has 2 amide bonds. The first-order valence-electron chi connectivity index (χ1n) is 17.5. The number of nitrogens with zero attached hydrogens (tertiary/aromatic N) is 5. The van der Waals surface area contributed by atoms with E-state index in [0.29, 0.717) is 29.4 Å². The SMILES string of the molecule is CC(C)N(C(=O)c1cc(F)ccc1Oc1cncnc1N1CC2(CCN(C(=O)[C@H]3N[C@H]4CC[C@H]3C[C@H]4CC3CC3)CC2)C1)C(C)C. The molecule has 6 fully saturated rings. The van der Waals surface area contributed by atoms with Gasteiger partial charge in [-0.3, -0.25) is 9.59 Å². The molecule has 2 aromatic rings. The predicted molar refractivity (Wildman–Crippen MR) is 174 cm³/mol. The number of piperidine rings is 3. The molecule has 4 atom stereocenters. The monoisotopic (exact) mass is 632 g/mol. The molecule has 1 N–H and O–H groups in total. The molecule has 10 heteroatoms. The van der Waals surface area contributed by atoms with Gasteiger partial charge in [0.25, 0.3) is 5.91 Å². The van der Waals surface area contributed by atoms with Crippen LogP contribution in [0, 0.1) is 29.0 Å².